The Morgan fingerprint density at radius 2 is 1.86 bits per heavy atom. The molecule has 1 aromatic heterocycles. The van der Waals surface area contributed by atoms with Gasteiger partial charge in [0.05, 0.1) is 0 Å². The molecule has 2 heterocycles. The van der Waals surface area contributed by atoms with E-state index in [0.717, 1.165) is 32.1 Å². The lowest BCUT2D eigenvalue weighted by atomic mass is 10.1. The highest BCUT2D eigenvalue weighted by atomic mass is 79.9. The van der Waals surface area contributed by atoms with Crippen molar-refractivity contribution in [2.24, 2.45) is 4.99 Å². The zero-order valence-corrected chi connectivity index (χ0v) is 24.9. The monoisotopic (exact) mass is 635 g/mol. The number of rotatable bonds is 5. The van der Waals surface area contributed by atoms with E-state index >= 15 is 0 Å². The Labute approximate surface area is 250 Å². The molecule has 1 atom stereocenters. The summed E-state index contributed by atoms with van der Waals surface area (Å²) in [6.45, 7) is 6.04. The summed E-state index contributed by atoms with van der Waals surface area (Å²) in [4.78, 5) is 33.7. The number of alkyl carbamates (subject to hydrolysis) is 1. The number of benzene rings is 3. The number of carbonyl (C=O) groups is 2. The Morgan fingerprint density at radius 1 is 1.12 bits per heavy atom. The normalized spacial score (nSPS) is 15.6. The van der Waals surface area contributed by atoms with Crippen molar-refractivity contribution in [2.75, 3.05) is 6.54 Å². The number of carboxylic acid groups (broad SMARTS) is 1. The molecule has 0 bridgehead atoms. The first-order valence-electron chi connectivity index (χ1n) is 13.4. The second-order valence-electron chi connectivity index (χ2n) is 10.8. The predicted molar refractivity (Wildman–Crippen MR) is 159 cm³/mol. The lowest BCUT2D eigenvalue weighted by Crippen LogP contribution is -2.46. The van der Waals surface area contributed by atoms with Crippen LogP contribution < -0.4 is 10.1 Å². The van der Waals surface area contributed by atoms with Crippen LogP contribution >= 0.6 is 15.9 Å². The van der Waals surface area contributed by atoms with Gasteiger partial charge in [-0.3, -0.25) is 5.32 Å². The smallest absolute Gasteiger partial charge is 0.434 e. The van der Waals surface area contributed by atoms with Gasteiger partial charge in [0, 0.05) is 16.6 Å². The predicted octanol–water partition coefficient (Wildman–Crippen LogP) is 6.93. The number of carbonyl (C=O) groups excluding carboxylic acids is 1. The minimum absolute atomic E-state index is 0.150. The van der Waals surface area contributed by atoms with Gasteiger partial charge in [0.15, 0.2) is 0 Å². The van der Waals surface area contributed by atoms with Crippen molar-refractivity contribution in [3.8, 4) is 17.1 Å². The third-order valence-electron chi connectivity index (χ3n) is 6.45. The van der Waals surface area contributed by atoms with Gasteiger partial charge in [-0.25, -0.2) is 9.59 Å². The number of likely N-dealkylation sites (tertiary alicyclic amines) is 1. The molecule has 0 saturated carbocycles. The number of hydrogen-bond donors (Lipinski definition) is 2. The Balaban J connectivity index is 1.31. The van der Waals surface area contributed by atoms with E-state index in [4.69, 9.17) is 14.0 Å². The van der Waals surface area contributed by atoms with Crippen LogP contribution in [0, 0.1) is 0 Å². The minimum atomic E-state index is -1.45. The van der Waals surface area contributed by atoms with Crippen LogP contribution in [0.4, 0.5) is 9.59 Å². The number of fused-ring (bicyclic) bond motifs is 1. The number of aromatic nitrogens is 2. The van der Waals surface area contributed by atoms with Gasteiger partial charge in [0.1, 0.15) is 24.0 Å². The number of nitrogens with one attached hydrogen (secondary N) is 1. The summed E-state index contributed by atoms with van der Waals surface area (Å²) in [5, 5.41) is 18.0. The van der Waals surface area contributed by atoms with Crippen molar-refractivity contribution in [2.45, 2.75) is 51.9 Å². The van der Waals surface area contributed by atoms with Gasteiger partial charge < -0.3 is 24.0 Å². The second-order valence-corrected chi connectivity index (χ2v) is 11.7. The Morgan fingerprint density at radius 3 is 2.60 bits per heavy atom. The van der Waals surface area contributed by atoms with E-state index in [-0.39, 0.29) is 5.96 Å². The van der Waals surface area contributed by atoms with Crippen LogP contribution in [0.25, 0.3) is 22.2 Å². The van der Waals surface area contributed by atoms with Gasteiger partial charge in [-0.15, -0.1) is 4.99 Å². The fourth-order valence-electron chi connectivity index (χ4n) is 4.61. The molecule has 1 saturated heterocycles. The highest BCUT2D eigenvalue weighted by Crippen LogP contribution is 2.33. The molecule has 42 heavy (non-hydrogen) atoms. The number of nitrogens with zero attached hydrogens (tertiary/aromatic N) is 4. The highest BCUT2D eigenvalue weighted by molar-refractivity contribution is 9.10. The third kappa shape index (κ3) is 7.24. The molecular formula is C30H30BrN5O6. The van der Waals surface area contributed by atoms with Crippen molar-refractivity contribution in [1.82, 2.24) is 20.4 Å². The number of ether oxygens (including phenoxy) is 2. The van der Waals surface area contributed by atoms with E-state index < -0.39 is 23.8 Å². The maximum absolute atomic E-state index is 12.4. The molecule has 2 N–H and O–H groups in total. The van der Waals surface area contributed by atoms with Gasteiger partial charge in [0.2, 0.25) is 17.7 Å². The SMILES string of the molecule is CC(C)(C)OC(=O)NC(=NC(=O)O)N1CCCC1c1nc(-c2ccc3cc(OCc4ccc(Br)cc4)ccc3c2)no1. The molecule has 1 aliphatic heterocycles. The molecule has 5 rings (SSSR count). The van der Waals surface area contributed by atoms with E-state index in [2.05, 4.69) is 36.4 Å². The van der Waals surface area contributed by atoms with Crippen LogP contribution in [0.2, 0.25) is 0 Å². The zero-order valence-electron chi connectivity index (χ0n) is 23.3. The minimum Gasteiger partial charge on any atom is -0.489 e. The highest BCUT2D eigenvalue weighted by Gasteiger charge is 2.35. The van der Waals surface area contributed by atoms with Gasteiger partial charge in [-0.05, 0) is 80.3 Å². The molecule has 4 aromatic rings. The summed E-state index contributed by atoms with van der Waals surface area (Å²) in [6.07, 6.45) is -0.940. The summed E-state index contributed by atoms with van der Waals surface area (Å²) in [5.41, 5.74) is 1.07. The average molecular weight is 637 g/mol. The van der Waals surface area contributed by atoms with Crippen molar-refractivity contribution >= 4 is 44.8 Å². The first kappa shape index (κ1) is 29.1. The molecule has 0 aliphatic carbocycles. The van der Waals surface area contributed by atoms with Crippen LogP contribution in [0.3, 0.4) is 0 Å². The van der Waals surface area contributed by atoms with E-state index in [1.165, 1.54) is 0 Å². The van der Waals surface area contributed by atoms with Crippen molar-refractivity contribution in [1.29, 1.82) is 0 Å². The Bertz CT molecular complexity index is 1630. The number of amides is 2. The molecule has 0 radical (unpaired) electrons. The van der Waals surface area contributed by atoms with Crippen molar-refractivity contribution in [3.05, 3.63) is 76.6 Å². The summed E-state index contributed by atoms with van der Waals surface area (Å²) < 4.78 is 17.9. The number of guanidine groups is 1. The van der Waals surface area contributed by atoms with Crippen molar-refractivity contribution in [3.63, 3.8) is 0 Å². The van der Waals surface area contributed by atoms with Crippen LogP contribution in [0.5, 0.6) is 5.75 Å². The largest absolute Gasteiger partial charge is 0.489 e. The zero-order chi connectivity index (χ0) is 29.9. The molecule has 1 unspecified atom stereocenters. The number of aliphatic imine (C=N–C) groups is 1. The maximum atomic E-state index is 12.4. The third-order valence-corrected chi connectivity index (χ3v) is 6.98. The first-order chi connectivity index (χ1) is 20.0. The lowest BCUT2D eigenvalue weighted by Gasteiger charge is -2.26. The Kier molecular flexibility index (Phi) is 8.44. The maximum Gasteiger partial charge on any atom is 0.434 e. The van der Waals surface area contributed by atoms with Gasteiger partial charge in [-0.1, -0.05) is 51.4 Å². The molecule has 0 spiro atoms. The quantitative estimate of drug-likeness (QED) is 0.176. The fourth-order valence-corrected chi connectivity index (χ4v) is 4.88. The molecule has 11 nitrogen and oxygen atoms in total. The molecule has 1 aliphatic rings. The van der Waals surface area contributed by atoms with E-state index in [1.54, 1.807) is 25.7 Å². The van der Waals surface area contributed by atoms with E-state index in [0.29, 0.717) is 37.7 Å². The van der Waals surface area contributed by atoms with Gasteiger partial charge in [-0.2, -0.15) is 4.98 Å². The van der Waals surface area contributed by atoms with Crippen LogP contribution in [0.15, 0.2) is 74.7 Å². The molecule has 2 amide bonds. The lowest BCUT2D eigenvalue weighted by molar-refractivity contribution is 0.0555. The number of hydrogen-bond acceptors (Lipinski definition) is 7. The van der Waals surface area contributed by atoms with Crippen LogP contribution in [-0.4, -0.2) is 50.4 Å². The molecule has 218 valence electrons. The summed E-state index contributed by atoms with van der Waals surface area (Å²) in [6, 6.07) is 19.3. The molecule has 1 fully saturated rings. The standard InChI is InChI=1S/C30H30BrN5O6/c1-30(2,3)41-29(39)34-27(33-28(37)38)36-14-4-5-24(36)26-32-25(35-42-26)21-9-8-20-16-23(13-10-19(20)15-21)40-17-18-6-11-22(31)12-7-18/h6-13,15-16,24H,4-5,14,17H2,1-3H3,(H,37,38)(H,33,34,39). The summed E-state index contributed by atoms with van der Waals surface area (Å²) in [5.74, 6) is 1.30. The van der Waals surface area contributed by atoms with Crippen LogP contribution in [0.1, 0.15) is 51.1 Å². The average Bonchev–Trinajstić information content (AvgIpc) is 3.61. The van der Waals surface area contributed by atoms with Gasteiger partial charge in [0.25, 0.3) is 0 Å². The fraction of sp³-hybridized carbons (Fsp3) is 0.300. The summed E-state index contributed by atoms with van der Waals surface area (Å²) in [7, 11) is 0. The topological polar surface area (TPSA) is 139 Å². The van der Waals surface area contributed by atoms with E-state index in [9.17, 15) is 14.7 Å². The molecular weight excluding hydrogens is 606 g/mol. The second kappa shape index (κ2) is 12.2. The number of halogens is 1. The van der Waals surface area contributed by atoms with Crippen molar-refractivity contribution < 1.29 is 28.7 Å². The van der Waals surface area contributed by atoms with E-state index in [1.807, 2.05) is 60.7 Å². The molecule has 3 aromatic carbocycles. The first-order valence-corrected chi connectivity index (χ1v) is 14.2. The molecule has 12 heteroatoms. The van der Waals surface area contributed by atoms with Gasteiger partial charge >= 0.3 is 12.2 Å². The summed E-state index contributed by atoms with van der Waals surface area (Å²) >= 11 is 3.44. The van der Waals surface area contributed by atoms with Crippen LogP contribution in [-0.2, 0) is 11.3 Å². The Hall–Kier alpha value is -4.45.